The third kappa shape index (κ3) is 8.30. The van der Waals surface area contributed by atoms with Gasteiger partial charge in [0.05, 0.1) is 13.2 Å². The van der Waals surface area contributed by atoms with Crippen LogP contribution >= 0.6 is 11.3 Å². The van der Waals surface area contributed by atoms with Gasteiger partial charge in [-0.15, -0.1) is 11.3 Å². The number of aromatic nitrogens is 1. The molecule has 0 radical (unpaired) electrons. The van der Waals surface area contributed by atoms with Gasteiger partial charge in [0, 0.05) is 17.8 Å². The van der Waals surface area contributed by atoms with Crippen molar-refractivity contribution in [3.8, 4) is 0 Å². The minimum Gasteiger partial charge on any atom is -0.461 e. The lowest BCUT2D eigenvalue weighted by molar-refractivity contribution is -0.133. The molecule has 1 amide bonds. The van der Waals surface area contributed by atoms with Gasteiger partial charge in [-0.05, 0) is 27.2 Å². The van der Waals surface area contributed by atoms with Crippen molar-refractivity contribution in [1.82, 2.24) is 9.88 Å². The van der Waals surface area contributed by atoms with E-state index in [1.54, 1.807) is 12.3 Å². The Kier molecular flexibility index (Phi) is 11.2. The molecule has 0 bridgehead atoms. The van der Waals surface area contributed by atoms with E-state index < -0.39 is 5.97 Å². The maximum Gasteiger partial charge on any atom is 0.357 e. The van der Waals surface area contributed by atoms with Gasteiger partial charge in [-0.2, -0.15) is 0 Å². The number of hydrogen-bond acceptors (Lipinski definition) is 5. The molecule has 0 saturated heterocycles. The van der Waals surface area contributed by atoms with Gasteiger partial charge in [-0.3, -0.25) is 4.79 Å². The van der Waals surface area contributed by atoms with Crippen molar-refractivity contribution in [3.63, 3.8) is 0 Å². The fourth-order valence-corrected chi connectivity index (χ4v) is 3.52. The van der Waals surface area contributed by atoms with Gasteiger partial charge >= 0.3 is 5.97 Å². The smallest absolute Gasteiger partial charge is 0.357 e. The quantitative estimate of drug-likeness (QED) is 0.348. The Morgan fingerprint density at radius 1 is 1.12 bits per heavy atom. The van der Waals surface area contributed by atoms with Crippen molar-refractivity contribution in [2.75, 3.05) is 6.61 Å². The first-order chi connectivity index (χ1) is 12.5. The number of nitrogens with zero attached hydrogens (tertiary/aromatic N) is 2. The highest BCUT2D eigenvalue weighted by molar-refractivity contribution is 7.09. The van der Waals surface area contributed by atoms with Crippen molar-refractivity contribution in [2.45, 2.75) is 91.6 Å². The van der Waals surface area contributed by atoms with Crippen molar-refractivity contribution in [1.29, 1.82) is 0 Å². The third-order valence-corrected chi connectivity index (χ3v) is 5.11. The molecule has 0 aliphatic carbocycles. The average Bonchev–Trinajstić information content (AvgIpc) is 3.07. The summed E-state index contributed by atoms with van der Waals surface area (Å²) in [6.45, 7) is 8.81. The molecule has 148 valence electrons. The van der Waals surface area contributed by atoms with Crippen LogP contribution in [0.3, 0.4) is 0 Å². The Balaban J connectivity index is 2.45. The minimum atomic E-state index is -0.402. The molecule has 1 aromatic rings. The third-order valence-electron chi connectivity index (χ3n) is 4.28. The first-order valence-corrected chi connectivity index (χ1v) is 10.8. The second-order valence-electron chi connectivity index (χ2n) is 6.83. The molecular weight excluding hydrogens is 348 g/mol. The highest BCUT2D eigenvalue weighted by atomic mass is 32.1. The molecular formula is C20H34N2O3S. The van der Waals surface area contributed by atoms with Gasteiger partial charge in [0.1, 0.15) is 5.01 Å². The topological polar surface area (TPSA) is 59.5 Å². The Labute approximate surface area is 162 Å². The molecule has 0 spiro atoms. The summed E-state index contributed by atoms with van der Waals surface area (Å²) in [6.07, 6.45) is 9.00. The summed E-state index contributed by atoms with van der Waals surface area (Å²) in [7, 11) is 0. The van der Waals surface area contributed by atoms with Gasteiger partial charge < -0.3 is 9.64 Å². The first kappa shape index (κ1) is 22.6. The van der Waals surface area contributed by atoms with Crippen LogP contribution in [0.5, 0.6) is 0 Å². The van der Waals surface area contributed by atoms with E-state index in [1.807, 2.05) is 18.7 Å². The fourth-order valence-electron chi connectivity index (χ4n) is 2.76. The number of ether oxygens (including phenoxy) is 1. The number of carbonyl (C=O) groups excluding carboxylic acids is 2. The van der Waals surface area contributed by atoms with Crippen LogP contribution in [0.25, 0.3) is 0 Å². The van der Waals surface area contributed by atoms with Crippen molar-refractivity contribution >= 4 is 23.2 Å². The van der Waals surface area contributed by atoms with Crippen LogP contribution in [0.1, 0.15) is 94.6 Å². The van der Waals surface area contributed by atoms with Crippen LogP contribution in [0.15, 0.2) is 5.38 Å². The van der Waals surface area contributed by atoms with Crippen LogP contribution in [0.2, 0.25) is 0 Å². The minimum absolute atomic E-state index is 0.113. The lowest BCUT2D eigenvalue weighted by Gasteiger charge is -2.26. The van der Waals surface area contributed by atoms with E-state index in [1.165, 1.54) is 43.4 Å². The second-order valence-corrected chi connectivity index (χ2v) is 7.78. The van der Waals surface area contributed by atoms with E-state index >= 15 is 0 Å². The molecule has 0 fully saturated rings. The SMILES string of the molecule is CCCCCCCCCC(=O)N(Cc1nc(C(=O)OCC)cs1)C(C)C. The standard InChI is InChI=1S/C20H34N2O3S/c1-5-7-8-9-10-11-12-13-19(23)22(16(3)4)14-18-21-17(15-26-18)20(24)25-6-2/h15-16H,5-14H2,1-4H3. The van der Waals surface area contributed by atoms with Gasteiger partial charge in [0.25, 0.3) is 0 Å². The van der Waals surface area contributed by atoms with Gasteiger partial charge in [0.15, 0.2) is 5.69 Å². The van der Waals surface area contributed by atoms with Gasteiger partial charge in [0.2, 0.25) is 5.91 Å². The second kappa shape index (κ2) is 12.8. The molecule has 0 N–H and O–H groups in total. The van der Waals surface area contributed by atoms with Gasteiger partial charge in [-0.25, -0.2) is 9.78 Å². The molecule has 0 unspecified atom stereocenters. The largest absolute Gasteiger partial charge is 0.461 e. The zero-order chi connectivity index (χ0) is 19.4. The highest BCUT2D eigenvalue weighted by Crippen LogP contribution is 2.17. The summed E-state index contributed by atoms with van der Waals surface area (Å²) in [6, 6.07) is 0.113. The number of rotatable bonds is 13. The molecule has 0 saturated carbocycles. The molecule has 1 heterocycles. The molecule has 5 nitrogen and oxygen atoms in total. The summed E-state index contributed by atoms with van der Waals surface area (Å²) in [4.78, 5) is 30.5. The van der Waals surface area contributed by atoms with E-state index in [-0.39, 0.29) is 11.9 Å². The Hall–Kier alpha value is -1.43. The van der Waals surface area contributed by atoms with Gasteiger partial charge in [-0.1, -0.05) is 45.4 Å². The summed E-state index contributed by atoms with van der Waals surface area (Å²) < 4.78 is 4.97. The summed E-state index contributed by atoms with van der Waals surface area (Å²) >= 11 is 1.40. The lowest BCUT2D eigenvalue weighted by Crippen LogP contribution is -2.36. The molecule has 0 aliphatic heterocycles. The lowest BCUT2D eigenvalue weighted by atomic mass is 10.1. The number of amides is 1. The van der Waals surface area contributed by atoms with Crippen LogP contribution in [-0.4, -0.2) is 34.4 Å². The molecule has 0 aliphatic rings. The average molecular weight is 383 g/mol. The monoisotopic (exact) mass is 382 g/mol. The fraction of sp³-hybridized carbons (Fsp3) is 0.750. The predicted octanol–water partition coefficient (Wildman–Crippen LogP) is 5.20. The van der Waals surface area contributed by atoms with E-state index in [9.17, 15) is 9.59 Å². The molecule has 0 aromatic carbocycles. The van der Waals surface area contributed by atoms with Crippen molar-refractivity contribution < 1.29 is 14.3 Å². The number of thiazole rings is 1. The normalized spacial score (nSPS) is 11.0. The van der Waals surface area contributed by atoms with Crippen molar-refractivity contribution in [3.05, 3.63) is 16.1 Å². The molecule has 0 atom stereocenters. The molecule has 1 aromatic heterocycles. The number of esters is 1. The maximum atomic E-state index is 12.6. The van der Waals surface area contributed by atoms with Crippen LogP contribution in [-0.2, 0) is 16.1 Å². The maximum absolute atomic E-state index is 12.6. The zero-order valence-corrected chi connectivity index (χ0v) is 17.6. The van der Waals surface area contributed by atoms with Crippen LogP contribution in [0.4, 0.5) is 0 Å². The van der Waals surface area contributed by atoms with Crippen LogP contribution < -0.4 is 0 Å². The van der Waals surface area contributed by atoms with E-state index in [0.29, 0.717) is 25.3 Å². The highest BCUT2D eigenvalue weighted by Gasteiger charge is 2.20. The van der Waals surface area contributed by atoms with E-state index in [4.69, 9.17) is 4.74 Å². The Morgan fingerprint density at radius 2 is 1.77 bits per heavy atom. The Bertz CT molecular complexity index is 543. The number of hydrogen-bond donors (Lipinski definition) is 0. The molecule has 1 rings (SSSR count). The Morgan fingerprint density at radius 3 is 2.38 bits per heavy atom. The zero-order valence-electron chi connectivity index (χ0n) is 16.8. The summed E-state index contributed by atoms with van der Waals surface area (Å²) in [5.74, 6) is -0.234. The predicted molar refractivity (Wildman–Crippen MR) is 106 cm³/mol. The number of unbranched alkanes of at least 4 members (excludes halogenated alkanes) is 6. The molecule has 26 heavy (non-hydrogen) atoms. The van der Waals surface area contributed by atoms with E-state index in [2.05, 4.69) is 11.9 Å². The van der Waals surface area contributed by atoms with Crippen LogP contribution in [0, 0.1) is 0 Å². The summed E-state index contributed by atoms with van der Waals surface area (Å²) in [5.41, 5.74) is 0.329. The first-order valence-electron chi connectivity index (χ1n) is 9.90. The van der Waals surface area contributed by atoms with E-state index in [0.717, 1.165) is 17.8 Å². The number of carbonyl (C=O) groups is 2. The summed E-state index contributed by atoms with van der Waals surface area (Å²) in [5, 5.41) is 2.47. The van der Waals surface area contributed by atoms with Crippen molar-refractivity contribution in [2.24, 2.45) is 0 Å². The molecule has 6 heteroatoms.